The molecule has 202 valence electrons. The molecule has 0 saturated carbocycles. The van der Waals surface area contributed by atoms with Gasteiger partial charge in [-0.05, 0) is 55.0 Å². The lowest BCUT2D eigenvalue weighted by atomic mass is 9.93. The number of anilines is 1. The molecule has 3 atom stereocenters. The van der Waals surface area contributed by atoms with Crippen molar-refractivity contribution < 1.29 is 24.9 Å². The van der Waals surface area contributed by atoms with E-state index < -0.39 is 12.1 Å². The first-order valence-electron chi connectivity index (χ1n) is 12.9. The summed E-state index contributed by atoms with van der Waals surface area (Å²) >= 11 is 0. The molecule has 3 heterocycles. The summed E-state index contributed by atoms with van der Waals surface area (Å²) < 4.78 is 0. The number of amides is 1. The second kappa shape index (κ2) is 11.0. The first kappa shape index (κ1) is 26.0. The quantitative estimate of drug-likeness (QED) is 0.204. The summed E-state index contributed by atoms with van der Waals surface area (Å²) in [5.41, 5.74) is 2.85. The van der Waals surface area contributed by atoms with Crippen LogP contribution in [0.4, 0.5) is 10.6 Å². The fourth-order valence-electron chi connectivity index (χ4n) is 5.30. The minimum absolute atomic E-state index is 0.00700. The Bertz CT molecular complexity index is 1490. The smallest absolute Gasteiger partial charge is 0.407 e. The van der Waals surface area contributed by atoms with Crippen molar-refractivity contribution in [2.75, 3.05) is 11.9 Å². The van der Waals surface area contributed by atoms with Gasteiger partial charge >= 0.3 is 12.1 Å². The van der Waals surface area contributed by atoms with Gasteiger partial charge in [0.15, 0.2) is 5.82 Å². The van der Waals surface area contributed by atoms with Gasteiger partial charge in [-0.3, -0.25) is 9.89 Å². The number of carboxylic acid groups (broad SMARTS) is 2. The summed E-state index contributed by atoms with van der Waals surface area (Å²) in [6, 6.07) is 12.3. The number of hydrogen-bond acceptors (Lipinski definition) is 7. The second-order valence-electron chi connectivity index (χ2n) is 9.97. The zero-order chi connectivity index (χ0) is 27.5. The van der Waals surface area contributed by atoms with Gasteiger partial charge in [0.25, 0.3) is 0 Å². The van der Waals surface area contributed by atoms with E-state index in [0.29, 0.717) is 42.0 Å². The molecule has 2 aromatic carbocycles. The van der Waals surface area contributed by atoms with Crippen LogP contribution in [-0.4, -0.2) is 71.1 Å². The summed E-state index contributed by atoms with van der Waals surface area (Å²) in [6.07, 6.45) is 4.21. The van der Waals surface area contributed by atoms with Crippen LogP contribution in [0.3, 0.4) is 0 Å². The number of benzene rings is 2. The molecule has 11 heteroatoms. The van der Waals surface area contributed by atoms with E-state index in [-0.39, 0.29) is 36.7 Å². The van der Waals surface area contributed by atoms with Gasteiger partial charge in [0.1, 0.15) is 11.6 Å². The maximum Gasteiger partial charge on any atom is 0.407 e. The standard InChI is InChI=1S/C28H30N6O5/c1-16(5-4-8-25(36)37)23-12-19(15-34(23)28(38)39)31-26-20-6-2-3-7-22(20)32-27(33-26)21-11-17(9-10-24(21)35)18-13-29-30-14-18/h2-3,6-7,9-11,13-14,16,19,23,35H,4-5,8,12,15H2,1H3,(H,29,30)(H,36,37)(H,38,39)(H,31,32,33). The van der Waals surface area contributed by atoms with Crippen molar-refractivity contribution in [2.45, 2.75) is 44.7 Å². The fourth-order valence-corrected chi connectivity index (χ4v) is 5.30. The van der Waals surface area contributed by atoms with Crippen molar-refractivity contribution in [3.63, 3.8) is 0 Å². The van der Waals surface area contributed by atoms with E-state index >= 15 is 0 Å². The SMILES string of the molecule is CC(CCCC(=O)O)C1CC(Nc2nc(-c3cc(-c4cn[nH]c4)ccc3O)nc3ccccc23)CN1C(=O)O. The van der Waals surface area contributed by atoms with Crippen molar-refractivity contribution >= 4 is 28.8 Å². The van der Waals surface area contributed by atoms with Crippen molar-refractivity contribution in [3.8, 4) is 28.3 Å². The van der Waals surface area contributed by atoms with E-state index in [4.69, 9.17) is 15.1 Å². The van der Waals surface area contributed by atoms with Crippen LogP contribution in [0.2, 0.25) is 0 Å². The normalized spacial score (nSPS) is 17.8. The number of nitrogens with one attached hydrogen (secondary N) is 2. The molecule has 1 aliphatic heterocycles. The molecule has 0 bridgehead atoms. The molecule has 5 rings (SSSR count). The first-order chi connectivity index (χ1) is 18.8. The third kappa shape index (κ3) is 5.62. The number of H-pyrrole nitrogens is 1. The van der Waals surface area contributed by atoms with Gasteiger partial charge in [-0.25, -0.2) is 14.8 Å². The number of aromatic hydroxyl groups is 1. The third-order valence-electron chi connectivity index (χ3n) is 7.31. The number of aliphatic carboxylic acids is 1. The monoisotopic (exact) mass is 530 g/mol. The van der Waals surface area contributed by atoms with Crippen LogP contribution in [0.25, 0.3) is 33.4 Å². The van der Waals surface area contributed by atoms with Crippen LogP contribution in [-0.2, 0) is 4.79 Å². The predicted molar refractivity (Wildman–Crippen MR) is 145 cm³/mol. The molecule has 0 aliphatic carbocycles. The van der Waals surface area contributed by atoms with Crippen LogP contribution in [0.5, 0.6) is 5.75 Å². The number of aromatic nitrogens is 4. The minimum Gasteiger partial charge on any atom is -0.507 e. The van der Waals surface area contributed by atoms with Crippen molar-refractivity contribution in [1.29, 1.82) is 0 Å². The number of rotatable bonds is 9. The fraction of sp³-hybridized carbons (Fsp3) is 0.321. The number of carbonyl (C=O) groups is 2. The maximum absolute atomic E-state index is 12.1. The van der Waals surface area contributed by atoms with Crippen LogP contribution < -0.4 is 5.32 Å². The van der Waals surface area contributed by atoms with Gasteiger partial charge in [-0.1, -0.05) is 25.1 Å². The molecule has 1 saturated heterocycles. The molecular weight excluding hydrogens is 500 g/mol. The molecular formula is C28H30N6O5. The van der Waals surface area contributed by atoms with Crippen LogP contribution >= 0.6 is 0 Å². The molecule has 1 amide bonds. The Balaban J connectivity index is 1.45. The number of phenolic OH excluding ortho intramolecular Hbond substituents is 1. The molecule has 1 aliphatic rings. The van der Waals surface area contributed by atoms with E-state index in [2.05, 4.69) is 15.5 Å². The number of carboxylic acids is 1. The van der Waals surface area contributed by atoms with E-state index in [0.717, 1.165) is 16.5 Å². The summed E-state index contributed by atoms with van der Waals surface area (Å²) in [4.78, 5) is 33.9. The van der Waals surface area contributed by atoms with Gasteiger partial charge in [0, 0.05) is 42.2 Å². The van der Waals surface area contributed by atoms with Crippen molar-refractivity contribution in [3.05, 3.63) is 54.9 Å². The number of aromatic amines is 1. The molecule has 5 N–H and O–H groups in total. The molecule has 2 aromatic heterocycles. The number of fused-ring (bicyclic) bond motifs is 1. The molecule has 1 fully saturated rings. The zero-order valence-corrected chi connectivity index (χ0v) is 21.4. The molecule has 11 nitrogen and oxygen atoms in total. The number of para-hydroxylation sites is 1. The molecule has 39 heavy (non-hydrogen) atoms. The van der Waals surface area contributed by atoms with Gasteiger partial charge < -0.3 is 25.5 Å². The Morgan fingerprint density at radius 2 is 1.97 bits per heavy atom. The highest BCUT2D eigenvalue weighted by atomic mass is 16.4. The summed E-state index contributed by atoms with van der Waals surface area (Å²) in [6.45, 7) is 2.25. The van der Waals surface area contributed by atoms with Gasteiger partial charge in [0.05, 0.1) is 17.3 Å². The van der Waals surface area contributed by atoms with E-state index in [1.165, 1.54) is 4.90 Å². The molecule has 0 radical (unpaired) electrons. The largest absolute Gasteiger partial charge is 0.507 e. The second-order valence-corrected chi connectivity index (χ2v) is 9.97. The Kier molecular flexibility index (Phi) is 7.31. The molecule has 3 unspecified atom stereocenters. The number of phenols is 1. The van der Waals surface area contributed by atoms with Crippen molar-refractivity contribution in [2.24, 2.45) is 5.92 Å². The Morgan fingerprint density at radius 1 is 1.15 bits per heavy atom. The third-order valence-corrected chi connectivity index (χ3v) is 7.31. The van der Waals surface area contributed by atoms with E-state index in [1.807, 2.05) is 37.3 Å². The lowest BCUT2D eigenvalue weighted by Gasteiger charge is -2.26. The summed E-state index contributed by atoms with van der Waals surface area (Å²) in [5, 5.41) is 40.6. The van der Waals surface area contributed by atoms with Crippen LogP contribution in [0.15, 0.2) is 54.9 Å². The predicted octanol–water partition coefficient (Wildman–Crippen LogP) is 4.82. The van der Waals surface area contributed by atoms with E-state index in [1.54, 1.807) is 24.5 Å². The first-order valence-corrected chi connectivity index (χ1v) is 12.9. The number of nitrogens with zero attached hydrogens (tertiary/aromatic N) is 4. The lowest BCUT2D eigenvalue weighted by Crippen LogP contribution is -2.38. The van der Waals surface area contributed by atoms with Gasteiger partial charge in [-0.2, -0.15) is 5.10 Å². The Morgan fingerprint density at radius 3 is 2.72 bits per heavy atom. The van der Waals surface area contributed by atoms with Crippen molar-refractivity contribution in [1.82, 2.24) is 25.1 Å². The average molecular weight is 531 g/mol. The van der Waals surface area contributed by atoms with Crippen LogP contribution in [0.1, 0.15) is 32.6 Å². The zero-order valence-electron chi connectivity index (χ0n) is 21.4. The highest BCUT2D eigenvalue weighted by Crippen LogP contribution is 2.35. The Hall–Kier alpha value is -4.67. The van der Waals surface area contributed by atoms with Gasteiger partial charge in [0.2, 0.25) is 0 Å². The minimum atomic E-state index is -0.997. The molecule has 0 spiro atoms. The highest BCUT2D eigenvalue weighted by Gasteiger charge is 2.38. The average Bonchev–Trinajstić information content (AvgIpc) is 3.59. The highest BCUT2D eigenvalue weighted by molar-refractivity contribution is 5.91. The molecule has 4 aromatic rings. The summed E-state index contributed by atoms with van der Waals surface area (Å²) in [5.74, 6) is 0.0872. The number of likely N-dealkylation sites (tertiary alicyclic amines) is 1. The number of hydrogen-bond donors (Lipinski definition) is 5. The summed E-state index contributed by atoms with van der Waals surface area (Å²) in [7, 11) is 0. The maximum atomic E-state index is 12.1. The Labute approximate surface area is 224 Å². The van der Waals surface area contributed by atoms with E-state index in [9.17, 15) is 19.8 Å². The topological polar surface area (TPSA) is 165 Å². The van der Waals surface area contributed by atoms with Crippen LogP contribution in [0, 0.1) is 5.92 Å². The lowest BCUT2D eigenvalue weighted by molar-refractivity contribution is -0.137. The van der Waals surface area contributed by atoms with Gasteiger partial charge in [-0.15, -0.1) is 0 Å².